The molecule has 29 heavy (non-hydrogen) atoms. The third kappa shape index (κ3) is 4.54. The SMILES string of the molecule is Cc1cc(C(=O)N(C)CCc2ccncc2)nc(N2CCC3(CC2)OCCO3)n1. The molecule has 2 saturated heterocycles. The van der Waals surface area contributed by atoms with Crippen molar-refractivity contribution in [3.05, 3.63) is 47.5 Å². The number of piperidine rings is 1. The minimum absolute atomic E-state index is 0.0956. The van der Waals surface area contributed by atoms with E-state index in [0.29, 0.717) is 31.4 Å². The number of aromatic nitrogens is 3. The van der Waals surface area contributed by atoms with Gasteiger partial charge < -0.3 is 19.3 Å². The molecular weight excluding hydrogens is 370 g/mol. The van der Waals surface area contributed by atoms with Gasteiger partial charge in [-0.3, -0.25) is 9.78 Å². The van der Waals surface area contributed by atoms with E-state index < -0.39 is 5.79 Å². The molecule has 0 aliphatic carbocycles. The van der Waals surface area contributed by atoms with Gasteiger partial charge in [0.2, 0.25) is 5.95 Å². The maximum Gasteiger partial charge on any atom is 0.272 e. The van der Waals surface area contributed by atoms with Gasteiger partial charge >= 0.3 is 0 Å². The van der Waals surface area contributed by atoms with Crippen molar-refractivity contribution in [3.8, 4) is 0 Å². The molecule has 0 unspecified atom stereocenters. The molecule has 0 N–H and O–H groups in total. The van der Waals surface area contributed by atoms with E-state index in [4.69, 9.17) is 9.47 Å². The molecule has 8 nitrogen and oxygen atoms in total. The Morgan fingerprint density at radius 1 is 1.17 bits per heavy atom. The molecule has 0 aromatic carbocycles. The van der Waals surface area contributed by atoms with Gasteiger partial charge in [-0.25, -0.2) is 9.97 Å². The van der Waals surface area contributed by atoms with Crippen LogP contribution in [0.3, 0.4) is 0 Å². The summed E-state index contributed by atoms with van der Waals surface area (Å²) in [7, 11) is 1.81. The first-order chi connectivity index (χ1) is 14.0. The topological polar surface area (TPSA) is 80.7 Å². The number of nitrogens with zero attached hydrogens (tertiary/aromatic N) is 5. The van der Waals surface area contributed by atoms with Crippen LogP contribution < -0.4 is 4.90 Å². The Labute approximate surface area is 170 Å². The molecule has 0 radical (unpaired) electrons. The van der Waals surface area contributed by atoms with E-state index in [2.05, 4.69) is 19.9 Å². The van der Waals surface area contributed by atoms with Crippen molar-refractivity contribution < 1.29 is 14.3 Å². The number of amides is 1. The first-order valence-corrected chi connectivity index (χ1v) is 10.1. The number of ether oxygens (including phenoxy) is 2. The van der Waals surface area contributed by atoms with Crippen molar-refractivity contribution in [3.63, 3.8) is 0 Å². The zero-order valence-corrected chi connectivity index (χ0v) is 17.0. The molecule has 8 heteroatoms. The number of likely N-dealkylation sites (N-methyl/N-ethyl adjacent to an activating group) is 1. The highest BCUT2D eigenvalue weighted by atomic mass is 16.7. The molecule has 0 atom stereocenters. The van der Waals surface area contributed by atoms with Crippen LogP contribution in [-0.4, -0.2) is 71.4 Å². The van der Waals surface area contributed by atoms with Crippen LogP contribution in [0, 0.1) is 6.92 Å². The Balaban J connectivity index is 1.41. The number of hydrogen-bond donors (Lipinski definition) is 0. The van der Waals surface area contributed by atoms with Crippen LogP contribution in [0.25, 0.3) is 0 Å². The molecule has 1 amide bonds. The normalized spacial score (nSPS) is 18.2. The maximum absolute atomic E-state index is 12.9. The number of carbonyl (C=O) groups is 1. The highest BCUT2D eigenvalue weighted by Crippen LogP contribution is 2.32. The third-order valence-electron chi connectivity index (χ3n) is 5.52. The van der Waals surface area contributed by atoms with Crippen molar-refractivity contribution in [2.45, 2.75) is 32.0 Å². The molecule has 2 fully saturated rings. The smallest absolute Gasteiger partial charge is 0.272 e. The van der Waals surface area contributed by atoms with Crippen LogP contribution in [0.5, 0.6) is 0 Å². The van der Waals surface area contributed by atoms with E-state index in [1.54, 1.807) is 30.4 Å². The van der Waals surface area contributed by atoms with Gasteiger partial charge in [-0.1, -0.05) is 0 Å². The minimum atomic E-state index is -0.438. The summed E-state index contributed by atoms with van der Waals surface area (Å²) in [5, 5.41) is 0. The van der Waals surface area contributed by atoms with E-state index >= 15 is 0 Å². The van der Waals surface area contributed by atoms with Crippen molar-refractivity contribution in [1.82, 2.24) is 19.9 Å². The number of pyridine rings is 1. The number of anilines is 1. The Morgan fingerprint density at radius 3 is 2.55 bits per heavy atom. The first-order valence-electron chi connectivity index (χ1n) is 10.1. The molecule has 0 bridgehead atoms. The molecule has 2 aromatic heterocycles. The Bertz CT molecular complexity index is 845. The highest BCUT2D eigenvalue weighted by Gasteiger charge is 2.40. The average Bonchev–Trinajstić information content (AvgIpc) is 3.20. The standard InChI is InChI=1S/C21H27N5O3/c1-16-15-18(19(27)25(2)10-5-17-3-8-22-9-4-17)24-20(23-16)26-11-6-21(7-12-26)28-13-14-29-21/h3-4,8-9,15H,5-7,10-14H2,1-2H3. The van der Waals surface area contributed by atoms with E-state index in [9.17, 15) is 4.79 Å². The van der Waals surface area contributed by atoms with Gasteiger partial charge in [-0.2, -0.15) is 0 Å². The summed E-state index contributed by atoms with van der Waals surface area (Å²) in [6, 6.07) is 5.68. The maximum atomic E-state index is 12.9. The molecule has 2 aromatic rings. The summed E-state index contributed by atoms with van der Waals surface area (Å²) < 4.78 is 11.6. The largest absolute Gasteiger partial charge is 0.347 e. The monoisotopic (exact) mass is 397 g/mol. The summed E-state index contributed by atoms with van der Waals surface area (Å²) in [6.45, 7) is 5.32. The number of carbonyl (C=O) groups excluding carboxylic acids is 1. The van der Waals surface area contributed by atoms with Crippen LogP contribution in [0.2, 0.25) is 0 Å². The lowest BCUT2D eigenvalue weighted by molar-refractivity contribution is -0.169. The fourth-order valence-electron chi connectivity index (χ4n) is 3.78. The fraction of sp³-hybridized carbons (Fsp3) is 0.524. The van der Waals surface area contributed by atoms with Crippen LogP contribution in [0.4, 0.5) is 5.95 Å². The lowest BCUT2D eigenvalue weighted by Gasteiger charge is -2.37. The van der Waals surface area contributed by atoms with Crippen molar-refractivity contribution >= 4 is 11.9 Å². The number of rotatable bonds is 5. The van der Waals surface area contributed by atoms with Gasteiger partial charge in [-0.05, 0) is 37.1 Å². The van der Waals surface area contributed by atoms with E-state index in [-0.39, 0.29) is 5.91 Å². The lowest BCUT2D eigenvalue weighted by atomic mass is 10.0. The van der Waals surface area contributed by atoms with Gasteiger partial charge in [0.25, 0.3) is 5.91 Å². The number of hydrogen-bond acceptors (Lipinski definition) is 7. The van der Waals surface area contributed by atoms with E-state index in [0.717, 1.165) is 43.6 Å². The fourth-order valence-corrected chi connectivity index (χ4v) is 3.78. The molecular formula is C21H27N5O3. The second-order valence-corrected chi connectivity index (χ2v) is 7.62. The van der Waals surface area contributed by atoms with Crippen molar-refractivity contribution in [2.75, 3.05) is 44.8 Å². The molecule has 154 valence electrons. The molecule has 2 aliphatic rings. The molecule has 2 aliphatic heterocycles. The van der Waals surface area contributed by atoms with Crippen LogP contribution >= 0.6 is 0 Å². The van der Waals surface area contributed by atoms with E-state index in [1.807, 2.05) is 19.1 Å². The summed E-state index contributed by atoms with van der Waals surface area (Å²) in [4.78, 5) is 29.9. The predicted molar refractivity (Wildman–Crippen MR) is 108 cm³/mol. The molecule has 4 heterocycles. The summed E-state index contributed by atoms with van der Waals surface area (Å²) in [5.41, 5.74) is 2.37. The molecule has 0 saturated carbocycles. The van der Waals surface area contributed by atoms with Crippen LogP contribution in [-0.2, 0) is 15.9 Å². The Kier molecular flexibility index (Phi) is 5.73. The summed E-state index contributed by atoms with van der Waals surface area (Å²) >= 11 is 0. The molecule has 1 spiro atoms. The van der Waals surface area contributed by atoms with Gasteiger partial charge in [-0.15, -0.1) is 0 Å². The highest BCUT2D eigenvalue weighted by molar-refractivity contribution is 5.92. The minimum Gasteiger partial charge on any atom is -0.347 e. The van der Waals surface area contributed by atoms with Gasteiger partial charge in [0.05, 0.1) is 13.2 Å². The van der Waals surface area contributed by atoms with Crippen LogP contribution in [0.1, 0.15) is 34.6 Å². The summed E-state index contributed by atoms with van der Waals surface area (Å²) in [6.07, 6.45) is 5.86. The zero-order chi connectivity index (χ0) is 20.3. The van der Waals surface area contributed by atoms with Crippen molar-refractivity contribution in [2.24, 2.45) is 0 Å². The Hall–Kier alpha value is -2.58. The lowest BCUT2D eigenvalue weighted by Crippen LogP contribution is -2.46. The third-order valence-corrected chi connectivity index (χ3v) is 5.52. The van der Waals surface area contributed by atoms with Gasteiger partial charge in [0.1, 0.15) is 5.69 Å². The quantitative estimate of drug-likeness (QED) is 0.761. The van der Waals surface area contributed by atoms with Crippen molar-refractivity contribution in [1.29, 1.82) is 0 Å². The van der Waals surface area contributed by atoms with Gasteiger partial charge in [0, 0.05) is 57.6 Å². The second-order valence-electron chi connectivity index (χ2n) is 7.62. The van der Waals surface area contributed by atoms with E-state index in [1.165, 1.54) is 0 Å². The molecule has 4 rings (SSSR count). The zero-order valence-electron chi connectivity index (χ0n) is 17.0. The van der Waals surface area contributed by atoms with Crippen LogP contribution in [0.15, 0.2) is 30.6 Å². The predicted octanol–water partition coefficient (Wildman–Crippen LogP) is 1.84. The number of aryl methyl sites for hydroxylation is 1. The Morgan fingerprint density at radius 2 is 1.86 bits per heavy atom. The first kappa shape index (κ1) is 19.7. The second kappa shape index (κ2) is 8.42. The summed E-state index contributed by atoms with van der Waals surface area (Å²) in [5.74, 6) is 0.0667. The van der Waals surface area contributed by atoms with Gasteiger partial charge in [0.15, 0.2) is 5.79 Å². The average molecular weight is 397 g/mol.